The van der Waals surface area contributed by atoms with Crippen molar-refractivity contribution in [3.8, 4) is 0 Å². The third kappa shape index (κ3) is 5.59. The minimum atomic E-state index is -0.230. The van der Waals surface area contributed by atoms with Crippen molar-refractivity contribution in [2.45, 2.75) is 19.8 Å². The Morgan fingerprint density at radius 1 is 1.30 bits per heavy atom. The molecule has 3 N–H and O–H groups in total. The van der Waals surface area contributed by atoms with Gasteiger partial charge in [0.05, 0.1) is 6.54 Å². The van der Waals surface area contributed by atoms with E-state index in [0.29, 0.717) is 17.3 Å². The number of amides is 2. The Morgan fingerprint density at radius 3 is 2.50 bits per heavy atom. The number of nitrogens with two attached hydrogens (primary N) is 1. The molecule has 0 fully saturated rings. The van der Waals surface area contributed by atoms with E-state index < -0.39 is 0 Å². The summed E-state index contributed by atoms with van der Waals surface area (Å²) in [5, 5.41) is 3.34. The Kier molecular flexibility index (Phi) is 7.04. The Bertz CT molecular complexity index is 448. The van der Waals surface area contributed by atoms with Crippen LogP contribution >= 0.6 is 11.6 Å². The molecule has 5 nitrogen and oxygen atoms in total. The van der Waals surface area contributed by atoms with Gasteiger partial charge in [0.2, 0.25) is 11.8 Å². The Labute approximate surface area is 124 Å². The number of benzene rings is 1. The van der Waals surface area contributed by atoms with Crippen molar-refractivity contribution < 1.29 is 9.59 Å². The van der Waals surface area contributed by atoms with Crippen molar-refractivity contribution in [3.63, 3.8) is 0 Å². The van der Waals surface area contributed by atoms with E-state index in [0.717, 1.165) is 6.42 Å². The molecule has 0 aromatic heterocycles. The molecule has 0 aliphatic carbocycles. The fourth-order valence-electron chi connectivity index (χ4n) is 1.75. The molecule has 0 atom stereocenters. The minimum Gasteiger partial charge on any atom is -0.333 e. The first kappa shape index (κ1) is 16.5. The van der Waals surface area contributed by atoms with Gasteiger partial charge < -0.3 is 16.0 Å². The molecule has 6 heteroatoms. The summed E-state index contributed by atoms with van der Waals surface area (Å²) in [6.45, 7) is 2.83. The molecule has 0 heterocycles. The topological polar surface area (TPSA) is 75.4 Å². The molecule has 110 valence electrons. The highest BCUT2D eigenvalue weighted by Gasteiger charge is 2.15. The van der Waals surface area contributed by atoms with Crippen LogP contribution in [0.25, 0.3) is 0 Å². The zero-order valence-corrected chi connectivity index (χ0v) is 12.3. The summed E-state index contributed by atoms with van der Waals surface area (Å²) >= 11 is 5.77. The average molecular weight is 298 g/mol. The molecular formula is C14H20ClN3O2. The van der Waals surface area contributed by atoms with Crippen LogP contribution in [0.15, 0.2) is 24.3 Å². The molecule has 0 radical (unpaired) electrons. The first-order chi connectivity index (χ1) is 9.56. The zero-order valence-electron chi connectivity index (χ0n) is 11.6. The van der Waals surface area contributed by atoms with Gasteiger partial charge in [0.1, 0.15) is 0 Å². The van der Waals surface area contributed by atoms with E-state index >= 15 is 0 Å². The highest BCUT2D eigenvalue weighted by atomic mass is 35.5. The lowest BCUT2D eigenvalue weighted by Gasteiger charge is -2.21. The van der Waals surface area contributed by atoms with Crippen LogP contribution in [0.5, 0.6) is 0 Å². The van der Waals surface area contributed by atoms with Gasteiger partial charge in [0.15, 0.2) is 0 Å². The van der Waals surface area contributed by atoms with Gasteiger partial charge in [0, 0.05) is 30.2 Å². The van der Waals surface area contributed by atoms with Gasteiger partial charge in [-0.3, -0.25) is 9.59 Å². The summed E-state index contributed by atoms with van der Waals surface area (Å²) in [4.78, 5) is 25.3. The number of anilines is 1. The maximum absolute atomic E-state index is 11.9. The van der Waals surface area contributed by atoms with Crippen molar-refractivity contribution in [1.29, 1.82) is 0 Å². The summed E-state index contributed by atoms with van der Waals surface area (Å²) in [5.74, 6) is -0.327. The number of nitrogens with one attached hydrogen (secondary N) is 1. The van der Waals surface area contributed by atoms with Gasteiger partial charge in [-0.1, -0.05) is 18.5 Å². The van der Waals surface area contributed by atoms with Crippen LogP contribution in [0.2, 0.25) is 5.02 Å². The summed E-state index contributed by atoms with van der Waals surface area (Å²) < 4.78 is 0. The number of halogens is 1. The number of hydrogen-bond donors (Lipinski definition) is 2. The second-order valence-corrected chi connectivity index (χ2v) is 4.85. The van der Waals surface area contributed by atoms with E-state index in [1.54, 1.807) is 24.3 Å². The molecule has 0 unspecified atom stereocenters. The normalized spacial score (nSPS) is 10.2. The van der Waals surface area contributed by atoms with Gasteiger partial charge >= 0.3 is 0 Å². The highest BCUT2D eigenvalue weighted by molar-refractivity contribution is 6.30. The predicted molar refractivity (Wildman–Crippen MR) is 80.6 cm³/mol. The first-order valence-electron chi connectivity index (χ1n) is 6.60. The standard InChI is InChI=1S/C14H20ClN3O2/c1-2-9-18(14(20)7-8-16)10-13(19)17-12-5-3-11(15)4-6-12/h3-6H,2,7-10,16H2,1H3,(H,17,19). The fraction of sp³-hybridized carbons (Fsp3) is 0.429. The van der Waals surface area contributed by atoms with Crippen molar-refractivity contribution in [2.24, 2.45) is 5.73 Å². The van der Waals surface area contributed by atoms with Crippen LogP contribution in [0, 0.1) is 0 Å². The average Bonchev–Trinajstić information content (AvgIpc) is 2.41. The van der Waals surface area contributed by atoms with Crippen molar-refractivity contribution in [1.82, 2.24) is 4.90 Å². The van der Waals surface area contributed by atoms with E-state index in [1.165, 1.54) is 4.90 Å². The third-order valence-corrected chi connectivity index (χ3v) is 2.92. The number of hydrogen-bond acceptors (Lipinski definition) is 3. The van der Waals surface area contributed by atoms with Crippen LogP contribution in [0.4, 0.5) is 5.69 Å². The van der Waals surface area contributed by atoms with Crippen LogP contribution < -0.4 is 11.1 Å². The number of rotatable bonds is 7. The molecule has 0 bridgehead atoms. The lowest BCUT2D eigenvalue weighted by molar-refractivity contribution is -0.134. The van der Waals surface area contributed by atoms with Crippen molar-refractivity contribution >= 4 is 29.1 Å². The van der Waals surface area contributed by atoms with E-state index in [1.807, 2.05) is 6.92 Å². The van der Waals surface area contributed by atoms with E-state index in [9.17, 15) is 9.59 Å². The molecule has 0 saturated heterocycles. The van der Waals surface area contributed by atoms with Gasteiger partial charge in [0.25, 0.3) is 0 Å². The lowest BCUT2D eigenvalue weighted by Crippen LogP contribution is -2.39. The lowest BCUT2D eigenvalue weighted by atomic mass is 10.3. The van der Waals surface area contributed by atoms with Gasteiger partial charge in [-0.05, 0) is 30.7 Å². The molecule has 1 rings (SSSR count). The maximum atomic E-state index is 11.9. The fourth-order valence-corrected chi connectivity index (χ4v) is 1.88. The van der Waals surface area contributed by atoms with Crippen LogP contribution in [-0.2, 0) is 9.59 Å². The maximum Gasteiger partial charge on any atom is 0.243 e. The molecule has 0 aliphatic heterocycles. The highest BCUT2D eigenvalue weighted by Crippen LogP contribution is 2.13. The Hall–Kier alpha value is -1.59. The van der Waals surface area contributed by atoms with Crippen LogP contribution in [0.1, 0.15) is 19.8 Å². The summed E-state index contributed by atoms with van der Waals surface area (Å²) in [5.41, 5.74) is 6.03. The third-order valence-electron chi connectivity index (χ3n) is 2.67. The quantitative estimate of drug-likeness (QED) is 0.806. The first-order valence-corrected chi connectivity index (χ1v) is 6.98. The second kappa shape index (κ2) is 8.55. The number of carbonyl (C=O) groups is 2. The summed E-state index contributed by atoms with van der Waals surface area (Å²) in [6.07, 6.45) is 1.05. The smallest absolute Gasteiger partial charge is 0.243 e. The number of carbonyl (C=O) groups excluding carboxylic acids is 2. The van der Waals surface area contributed by atoms with E-state index in [4.69, 9.17) is 17.3 Å². The monoisotopic (exact) mass is 297 g/mol. The van der Waals surface area contributed by atoms with Gasteiger partial charge in [-0.25, -0.2) is 0 Å². The predicted octanol–water partition coefficient (Wildman–Crippen LogP) is 1.87. The Morgan fingerprint density at radius 2 is 1.95 bits per heavy atom. The summed E-state index contributed by atoms with van der Waals surface area (Å²) in [6, 6.07) is 6.82. The van der Waals surface area contributed by atoms with E-state index in [2.05, 4.69) is 5.32 Å². The number of nitrogens with zero attached hydrogens (tertiary/aromatic N) is 1. The minimum absolute atomic E-state index is 0.0370. The zero-order chi connectivity index (χ0) is 15.0. The molecule has 2 amide bonds. The van der Waals surface area contributed by atoms with Crippen LogP contribution in [-0.4, -0.2) is 36.3 Å². The molecule has 20 heavy (non-hydrogen) atoms. The van der Waals surface area contributed by atoms with Gasteiger partial charge in [-0.2, -0.15) is 0 Å². The molecular weight excluding hydrogens is 278 g/mol. The summed E-state index contributed by atoms with van der Waals surface area (Å²) in [7, 11) is 0. The molecule has 1 aromatic carbocycles. The van der Waals surface area contributed by atoms with Crippen molar-refractivity contribution in [2.75, 3.05) is 25.0 Å². The van der Waals surface area contributed by atoms with Crippen molar-refractivity contribution in [3.05, 3.63) is 29.3 Å². The van der Waals surface area contributed by atoms with E-state index in [-0.39, 0.29) is 31.3 Å². The largest absolute Gasteiger partial charge is 0.333 e. The SMILES string of the molecule is CCCN(CC(=O)Nc1ccc(Cl)cc1)C(=O)CCN. The molecule has 1 aromatic rings. The van der Waals surface area contributed by atoms with Crippen LogP contribution in [0.3, 0.4) is 0 Å². The molecule has 0 saturated carbocycles. The Balaban J connectivity index is 2.57. The second-order valence-electron chi connectivity index (χ2n) is 4.41. The van der Waals surface area contributed by atoms with Gasteiger partial charge in [-0.15, -0.1) is 0 Å². The molecule has 0 spiro atoms. The molecule has 0 aliphatic rings.